The van der Waals surface area contributed by atoms with Crippen LogP contribution in [0.25, 0.3) is 11.4 Å². The summed E-state index contributed by atoms with van der Waals surface area (Å²) in [6.45, 7) is 4.72. The van der Waals surface area contributed by atoms with Crippen molar-refractivity contribution in [1.29, 1.82) is 0 Å². The summed E-state index contributed by atoms with van der Waals surface area (Å²) < 4.78 is 0. The van der Waals surface area contributed by atoms with Crippen molar-refractivity contribution in [3.8, 4) is 23.2 Å². The van der Waals surface area contributed by atoms with Crippen LogP contribution in [0.1, 0.15) is 36.3 Å². The van der Waals surface area contributed by atoms with Gasteiger partial charge in [0.1, 0.15) is 22.9 Å². The van der Waals surface area contributed by atoms with Crippen molar-refractivity contribution in [3.05, 3.63) is 54.1 Å². The van der Waals surface area contributed by atoms with Crippen molar-refractivity contribution >= 4 is 23.2 Å². The highest BCUT2D eigenvalue weighted by Crippen LogP contribution is 2.23. The number of amides is 1. The molecule has 0 unspecified atom stereocenters. The molecule has 6 N–H and O–H groups in total. The Labute approximate surface area is 197 Å². The Morgan fingerprint density at radius 1 is 1.24 bits per heavy atom. The molecule has 0 radical (unpaired) electrons. The normalized spacial score (nSPS) is 15.5. The van der Waals surface area contributed by atoms with Crippen molar-refractivity contribution in [3.63, 3.8) is 0 Å². The lowest BCUT2D eigenvalue weighted by atomic mass is 10.1. The molecule has 0 aromatic carbocycles. The molecule has 1 fully saturated rings. The summed E-state index contributed by atoms with van der Waals surface area (Å²) >= 11 is 0. The van der Waals surface area contributed by atoms with Gasteiger partial charge in [-0.2, -0.15) is 0 Å². The average molecular weight is 459 g/mol. The third kappa shape index (κ3) is 5.64. The number of carbonyl (C=O) groups is 1. The molecule has 10 nitrogen and oxygen atoms in total. The molecule has 174 valence electrons. The van der Waals surface area contributed by atoms with Crippen LogP contribution >= 0.6 is 0 Å². The van der Waals surface area contributed by atoms with E-state index in [0.717, 1.165) is 25.3 Å². The maximum absolute atomic E-state index is 13.0. The van der Waals surface area contributed by atoms with E-state index in [1.807, 2.05) is 6.07 Å². The topological polar surface area (TPSA) is 156 Å². The van der Waals surface area contributed by atoms with E-state index in [-0.39, 0.29) is 17.4 Å². The zero-order valence-corrected chi connectivity index (χ0v) is 19.0. The van der Waals surface area contributed by atoms with Crippen LogP contribution in [0, 0.1) is 11.8 Å². The van der Waals surface area contributed by atoms with Crippen LogP contribution in [0.2, 0.25) is 0 Å². The fourth-order valence-corrected chi connectivity index (χ4v) is 3.43. The highest BCUT2D eigenvalue weighted by Gasteiger charge is 2.21. The molecule has 3 aromatic heterocycles. The fourth-order valence-electron chi connectivity index (χ4n) is 3.43. The Hall–Kier alpha value is -4.07. The number of pyridine rings is 2. The summed E-state index contributed by atoms with van der Waals surface area (Å²) in [5.74, 6) is 6.32. The van der Waals surface area contributed by atoms with Crippen LogP contribution in [-0.4, -0.2) is 55.7 Å². The largest absolute Gasteiger partial charge is 0.383 e. The fraction of sp³-hybridized carbons (Fsp3) is 0.292. The molecule has 1 atom stereocenters. The number of carbonyl (C=O) groups excluding carboxylic acids is 1. The molecule has 0 saturated carbocycles. The van der Waals surface area contributed by atoms with Crippen LogP contribution in [0.5, 0.6) is 0 Å². The van der Waals surface area contributed by atoms with Gasteiger partial charge in [-0.1, -0.05) is 5.92 Å². The van der Waals surface area contributed by atoms with Gasteiger partial charge in [0, 0.05) is 49.0 Å². The number of rotatable bonds is 4. The molecule has 3 aromatic rings. The van der Waals surface area contributed by atoms with E-state index in [0.29, 0.717) is 22.8 Å². The molecule has 1 saturated heterocycles. The number of nitrogens with one attached hydrogen (secondary N) is 1. The summed E-state index contributed by atoms with van der Waals surface area (Å²) in [6, 6.07) is 6.82. The van der Waals surface area contributed by atoms with Gasteiger partial charge in [0.2, 0.25) is 0 Å². The predicted molar refractivity (Wildman–Crippen MR) is 130 cm³/mol. The van der Waals surface area contributed by atoms with Gasteiger partial charge >= 0.3 is 0 Å². The van der Waals surface area contributed by atoms with Gasteiger partial charge in [-0.25, -0.2) is 19.9 Å². The summed E-state index contributed by atoms with van der Waals surface area (Å²) in [4.78, 5) is 32.4. The molecule has 10 heteroatoms. The average Bonchev–Trinajstić information content (AvgIpc) is 3.24. The summed E-state index contributed by atoms with van der Waals surface area (Å²) in [6.07, 6.45) is 5.64. The van der Waals surface area contributed by atoms with Crippen molar-refractivity contribution in [1.82, 2.24) is 19.9 Å². The number of hydrogen-bond donors (Lipinski definition) is 4. The number of hydrogen-bond acceptors (Lipinski definition) is 9. The Kier molecular flexibility index (Phi) is 6.40. The third-order valence-electron chi connectivity index (χ3n) is 5.13. The standard InChI is InChI=1S/C24H26N8O2/c1-24(2,34)7-3-17-12-18(4-8-27-17)30-23(33)19-11-15(13-29-21(19)26)22-28-9-5-20(31-22)32-10-6-16(25)14-32/h4-5,8-9,11-13,16,34H,6,10,14,25H2,1-2H3,(H2,26,29)(H,27,30,33)/t16-/m1/s1. The van der Waals surface area contributed by atoms with Gasteiger partial charge in [-0.05, 0) is 50.5 Å². The SMILES string of the molecule is CC(C)(O)C#Cc1cc(NC(=O)c2cc(-c3nccc(N4CC[C@@H](N)C4)n3)cnc2N)ccn1. The van der Waals surface area contributed by atoms with Crippen LogP contribution < -0.4 is 21.7 Å². The molecule has 1 aliphatic heterocycles. The first kappa shape index (κ1) is 23.1. The summed E-state index contributed by atoms with van der Waals surface area (Å²) in [5.41, 5.74) is 12.5. The van der Waals surface area contributed by atoms with Crippen molar-refractivity contribution in [2.45, 2.75) is 31.9 Å². The van der Waals surface area contributed by atoms with Crippen molar-refractivity contribution < 1.29 is 9.90 Å². The minimum Gasteiger partial charge on any atom is -0.383 e. The number of nitrogens with two attached hydrogens (primary N) is 2. The van der Waals surface area contributed by atoms with Crippen molar-refractivity contribution in [2.75, 3.05) is 29.0 Å². The van der Waals surface area contributed by atoms with Gasteiger partial charge in [-0.3, -0.25) is 4.79 Å². The minimum absolute atomic E-state index is 0.0824. The van der Waals surface area contributed by atoms with Crippen LogP contribution in [0.3, 0.4) is 0 Å². The minimum atomic E-state index is -1.15. The molecule has 4 heterocycles. The molecule has 0 spiro atoms. The van der Waals surface area contributed by atoms with E-state index in [9.17, 15) is 9.90 Å². The number of aromatic nitrogens is 4. The Bertz CT molecular complexity index is 1280. The highest BCUT2D eigenvalue weighted by molar-refractivity contribution is 6.07. The Morgan fingerprint density at radius 3 is 2.76 bits per heavy atom. The maximum Gasteiger partial charge on any atom is 0.259 e. The van der Waals surface area contributed by atoms with Crippen LogP contribution in [-0.2, 0) is 0 Å². The molecule has 0 aliphatic carbocycles. The maximum atomic E-state index is 13.0. The lowest BCUT2D eigenvalue weighted by Gasteiger charge is -2.17. The zero-order chi connectivity index (χ0) is 24.3. The Balaban J connectivity index is 1.56. The molecular formula is C24H26N8O2. The van der Waals surface area contributed by atoms with E-state index in [2.05, 4.69) is 42.0 Å². The lowest BCUT2D eigenvalue weighted by Crippen LogP contribution is -2.27. The quantitative estimate of drug-likeness (QED) is 0.425. The predicted octanol–water partition coefficient (Wildman–Crippen LogP) is 1.43. The van der Waals surface area contributed by atoms with Gasteiger partial charge in [0.25, 0.3) is 5.91 Å². The van der Waals surface area contributed by atoms with E-state index in [4.69, 9.17) is 11.5 Å². The monoisotopic (exact) mass is 458 g/mol. The van der Waals surface area contributed by atoms with E-state index in [1.54, 1.807) is 38.2 Å². The first-order valence-corrected chi connectivity index (χ1v) is 10.8. The van der Waals surface area contributed by atoms with Gasteiger partial charge in [0.05, 0.1) is 5.56 Å². The molecular weight excluding hydrogens is 432 g/mol. The van der Waals surface area contributed by atoms with Gasteiger partial charge in [-0.15, -0.1) is 0 Å². The second-order valence-corrected chi connectivity index (χ2v) is 8.58. The van der Waals surface area contributed by atoms with Crippen LogP contribution in [0.15, 0.2) is 42.9 Å². The van der Waals surface area contributed by atoms with E-state index >= 15 is 0 Å². The number of anilines is 3. The second kappa shape index (κ2) is 9.43. The molecule has 1 amide bonds. The third-order valence-corrected chi connectivity index (χ3v) is 5.13. The summed E-state index contributed by atoms with van der Waals surface area (Å²) in [7, 11) is 0. The first-order chi connectivity index (χ1) is 16.2. The molecule has 4 rings (SSSR count). The van der Waals surface area contributed by atoms with Crippen LogP contribution in [0.4, 0.5) is 17.3 Å². The molecule has 1 aliphatic rings. The second-order valence-electron chi connectivity index (χ2n) is 8.58. The van der Waals surface area contributed by atoms with E-state index < -0.39 is 11.5 Å². The van der Waals surface area contributed by atoms with E-state index in [1.165, 1.54) is 12.4 Å². The zero-order valence-electron chi connectivity index (χ0n) is 19.0. The number of aliphatic hydroxyl groups is 1. The number of nitrogen functional groups attached to an aromatic ring is 1. The lowest BCUT2D eigenvalue weighted by molar-refractivity contribution is 0.102. The molecule has 34 heavy (non-hydrogen) atoms. The van der Waals surface area contributed by atoms with Crippen molar-refractivity contribution in [2.24, 2.45) is 5.73 Å². The first-order valence-electron chi connectivity index (χ1n) is 10.8. The van der Waals surface area contributed by atoms with Gasteiger partial charge in [0.15, 0.2) is 5.82 Å². The smallest absolute Gasteiger partial charge is 0.259 e. The van der Waals surface area contributed by atoms with Gasteiger partial charge < -0.3 is 26.8 Å². The summed E-state index contributed by atoms with van der Waals surface area (Å²) in [5, 5.41) is 12.6. The molecule has 0 bridgehead atoms. The Morgan fingerprint density at radius 2 is 2.03 bits per heavy atom. The number of nitrogens with zero attached hydrogens (tertiary/aromatic N) is 5. The highest BCUT2D eigenvalue weighted by atomic mass is 16.3.